The first kappa shape index (κ1) is 13.8. The molecule has 2 aromatic rings. The average Bonchev–Trinajstić information content (AvgIpc) is 3.05. The minimum atomic E-state index is -3.45. The first-order chi connectivity index (χ1) is 9.12. The molecule has 0 bridgehead atoms. The second-order valence-corrected chi connectivity index (χ2v) is 5.88. The van der Waals surface area contributed by atoms with Crippen molar-refractivity contribution in [1.82, 2.24) is 19.3 Å². The maximum Gasteiger partial charge on any atom is 0.242 e. The summed E-state index contributed by atoms with van der Waals surface area (Å²) in [7, 11) is -3.45. The molecule has 19 heavy (non-hydrogen) atoms. The minimum absolute atomic E-state index is 0.218. The summed E-state index contributed by atoms with van der Waals surface area (Å²) in [4.78, 5) is 6.95. The molecule has 0 saturated heterocycles. The van der Waals surface area contributed by atoms with Gasteiger partial charge in [-0.15, -0.1) is 0 Å². The lowest BCUT2D eigenvalue weighted by Gasteiger charge is -2.05. The van der Waals surface area contributed by atoms with Crippen LogP contribution in [0.25, 0.3) is 0 Å². The van der Waals surface area contributed by atoms with Crippen molar-refractivity contribution in [1.29, 1.82) is 0 Å². The zero-order valence-corrected chi connectivity index (χ0v) is 11.2. The van der Waals surface area contributed by atoms with Crippen molar-refractivity contribution >= 4 is 10.0 Å². The van der Waals surface area contributed by atoms with Gasteiger partial charge in [-0.1, -0.05) is 0 Å². The number of aromatic amines is 1. The van der Waals surface area contributed by atoms with Crippen LogP contribution in [0, 0.1) is 0 Å². The second kappa shape index (κ2) is 6.00. The van der Waals surface area contributed by atoms with E-state index >= 15 is 0 Å². The van der Waals surface area contributed by atoms with Crippen LogP contribution in [-0.2, 0) is 23.1 Å². The number of aromatic nitrogens is 3. The van der Waals surface area contributed by atoms with Gasteiger partial charge in [0, 0.05) is 43.9 Å². The molecule has 2 aromatic heterocycles. The molecular weight excluding hydrogens is 266 g/mol. The third-order valence-electron chi connectivity index (χ3n) is 2.69. The Hall–Kier alpha value is -1.64. The summed E-state index contributed by atoms with van der Waals surface area (Å²) in [6.45, 7) is 1.39. The molecule has 0 aromatic carbocycles. The van der Waals surface area contributed by atoms with Crippen LogP contribution in [-0.4, -0.2) is 29.5 Å². The van der Waals surface area contributed by atoms with Crippen LogP contribution >= 0.6 is 0 Å². The van der Waals surface area contributed by atoms with Gasteiger partial charge in [0.05, 0.1) is 11.2 Å². The molecule has 8 heteroatoms. The van der Waals surface area contributed by atoms with Crippen LogP contribution in [0.1, 0.15) is 12.1 Å². The molecule has 0 unspecified atom stereocenters. The number of rotatable bonds is 7. The van der Waals surface area contributed by atoms with Crippen molar-refractivity contribution in [3.63, 3.8) is 0 Å². The number of imidazole rings is 1. The zero-order valence-electron chi connectivity index (χ0n) is 10.4. The Morgan fingerprint density at radius 1 is 1.47 bits per heavy atom. The fraction of sp³-hybridized carbons (Fsp3) is 0.364. The summed E-state index contributed by atoms with van der Waals surface area (Å²) in [6.07, 6.45) is 7.38. The predicted molar refractivity (Wildman–Crippen MR) is 70.7 cm³/mol. The van der Waals surface area contributed by atoms with E-state index in [9.17, 15) is 8.42 Å². The molecule has 0 amide bonds. The Morgan fingerprint density at radius 3 is 2.95 bits per heavy atom. The first-order valence-electron chi connectivity index (χ1n) is 5.94. The molecule has 7 nitrogen and oxygen atoms in total. The minimum Gasteiger partial charge on any atom is -0.363 e. The van der Waals surface area contributed by atoms with Gasteiger partial charge in [0.2, 0.25) is 10.0 Å². The van der Waals surface area contributed by atoms with Gasteiger partial charge in [-0.3, -0.25) is 0 Å². The SMILES string of the molecule is NCc1cc(S(=O)(=O)NCCCn2ccnc2)c[nH]1. The number of aryl methyl sites for hydroxylation is 1. The summed E-state index contributed by atoms with van der Waals surface area (Å²) in [5.74, 6) is 0. The van der Waals surface area contributed by atoms with Crippen LogP contribution in [0.15, 0.2) is 35.9 Å². The molecule has 2 heterocycles. The van der Waals surface area contributed by atoms with Gasteiger partial charge in [0.25, 0.3) is 0 Å². The number of nitrogens with one attached hydrogen (secondary N) is 2. The predicted octanol–water partition coefficient (Wildman–Crippen LogP) is 0.0385. The number of sulfonamides is 1. The maximum atomic E-state index is 11.9. The summed E-state index contributed by atoms with van der Waals surface area (Å²) in [5.41, 5.74) is 6.12. The molecule has 104 valence electrons. The van der Waals surface area contributed by atoms with E-state index < -0.39 is 10.0 Å². The molecular formula is C11H17N5O2S. The highest BCUT2D eigenvalue weighted by atomic mass is 32.2. The van der Waals surface area contributed by atoms with Gasteiger partial charge in [0.1, 0.15) is 0 Å². The number of hydrogen-bond acceptors (Lipinski definition) is 4. The maximum absolute atomic E-state index is 11.9. The lowest BCUT2D eigenvalue weighted by atomic mass is 10.4. The second-order valence-electron chi connectivity index (χ2n) is 4.12. The molecule has 4 N–H and O–H groups in total. The lowest BCUT2D eigenvalue weighted by Crippen LogP contribution is -2.25. The van der Waals surface area contributed by atoms with E-state index in [0.29, 0.717) is 18.7 Å². The van der Waals surface area contributed by atoms with E-state index in [4.69, 9.17) is 5.73 Å². The van der Waals surface area contributed by atoms with E-state index in [1.807, 2.05) is 10.8 Å². The molecule has 0 spiro atoms. The van der Waals surface area contributed by atoms with Gasteiger partial charge in [-0.25, -0.2) is 18.1 Å². The number of hydrogen-bond donors (Lipinski definition) is 3. The molecule has 0 aliphatic rings. The van der Waals surface area contributed by atoms with E-state index in [2.05, 4.69) is 14.7 Å². The van der Waals surface area contributed by atoms with E-state index in [1.54, 1.807) is 12.5 Å². The van der Waals surface area contributed by atoms with Gasteiger partial charge >= 0.3 is 0 Å². The quantitative estimate of drug-likeness (QED) is 0.624. The van der Waals surface area contributed by atoms with Crippen LogP contribution in [0.2, 0.25) is 0 Å². The Morgan fingerprint density at radius 2 is 2.32 bits per heavy atom. The number of nitrogens with zero attached hydrogens (tertiary/aromatic N) is 2. The highest BCUT2D eigenvalue weighted by Crippen LogP contribution is 2.09. The average molecular weight is 283 g/mol. The summed E-state index contributed by atoms with van der Waals surface area (Å²) in [5, 5.41) is 0. The third kappa shape index (κ3) is 3.66. The normalized spacial score (nSPS) is 11.8. The van der Waals surface area contributed by atoms with Gasteiger partial charge in [-0.05, 0) is 12.5 Å². The van der Waals surface area contributed by atoms with E-state index in [-0.39, 0.29) is 11.4 Å². The standard InChI is InChI=1S/C11H17N5O2S/c12-7-10-6-11(8-14-10)19(17,18)15-2-1-4-16-5-3-13-9-16/h3,5-6,8-9,14-15H,1-2,4,7,12H2. The van der Waals surface area contributed by atoms with Gasteiger partial charge in [-0.2, -0.15) is 0 Å². The number of H-pyrrole nitrogens is 1. The lowest BCUT2D eigenvalue weighted by molar-refractivity contribution is 0.570. The Balaban J connectivity index is 1.84. The van der Waals surface area contributed by atoms with Crippen LogP contribution in [0.5, 0.6) is 0 Å². The largest absolute Gasteiger partial charge is 0.363 e. The third-order valence-corrected chi connectivity index (χ3v) is 4.13. The smallest absolute Gasteiger partial charge is 0.242 e. The monoisotopic (exact) mass is 283 g/mol. The van der Waals surface area contributed by atoms with Crippen molar-refractivity contribution in [2.24, 2.45) is 5.73 Å². The molecule has 0 atom stereocenters. The van der Waals surface area contributed by atoms with Crippen molar-refractivity contribution in [2.75, 3.05) is 6.54 Å². The van der Waals surface area contributed by atoms with Crippen LogP contribution in [0.4, 0.5) is 0 Å². The van der Waals surface area contributed by atoms with Gasteiger partial charge < -0.3 is 15.3 Å². The summed E-state index contributed by atoms with van der Waals surface area (Å²) >= 11 is 0. The highest BCUT2D eigenvalue weighted by molar-refractivity contribution is 7.89. The molecule has 2 rings (SSSR count). The topological polar surface area (TPSA) is 106 Å². The molecule has 0 radical (unpaired) electrons. The molecule has 0 fully saturated rings. The van der Waals surface area contributed by atoms with Crippen molar-refractivity contribution in [2.45, 2.75) is 24.4 Å². The molecule has 0 aliphatic carbocycles. The molecule has 0 saturated carbocycles. The fourth-order valence-corrected chi connectivity index (χ4v) is 2.75. The van der Waals surface area contributed by atoms with Crippen molar-refractivity contribution in [3.8, 4) is 0 Å². The Bertz CT molecular complexity index is 603. The number of nitrogens with two attached hydrogens (primary N) is 1. The van der Waals surface area contributed by atoms with E-state index in [1.165, 1.54) is 12.3 Å². The van der Waals surface area contributed by atoms with Crippen molar-refractivity contribution in [3.05, 3.63) is 36.7 Å². The van der Waals surface area contributed by atoms with Crippen LogP contribution < -0.4 is 10.5 Å². The van der Waals surface area contributed by atoms with E-state index in [0.717, 1.165) is 6.54 Å². The molecule has 0 aliphatic heterocycles. The highest BCUT2D eigenvalue weighted by Gasteiger charge is 2.14. The van der Waals surface area contributed by atoms with Crippen LogP contribution in [0.3, 0.4) is 0 Å². The summed E-state index contributed by atoms with van der Waals surface area (Å²) < 4.78 is 28.3. The fourth-order valence-electron chi connectivity index (χ4n) is 1.66. The Kier molecular flexibility index (Phi) is 4.35. The Labute approximate surface area is 111 Å². The first-order valence-corrected chi connectivity index (χ1v) is 7.43. The van der Waals surface area contributed by atoms with Crippen molar-refractivity contribution < 1.29 is 8.42 Å². The van der Waals surface area contributed by atoms with Gasteiger partial charge in [0.15, 0.2) is 0 Å². The summed E-state index contributed by atoms with van der Waals surface area (Å²) in [6, 6.07) is 1.54. The zero-order chi connectivity index (χ0) is 13.7.